The van der Waals surface area contributed by atoms with Gasteiger partial charge in [-0.25, -0.2) is 13.1 Å². The fourth-order valence-electron chi connectivity index (χ4n) is 1.49. The SMILES string of the molecule is O=S(=O)(CC1CC1)NCc1cccc(Br)c1. The van der Waals surface area contributed by atoms with E-state index in [1.54, 1.807) is 0 Å². The first kappa shape index (κ1) is 12.1. The van der Waals surface area contributed by atoms with Gasteiger partial charge in [0.05, 0.1) is 5.75 Å². The zero-order chi connectivity index (χ0) is 11.6. The van der Waals surface area contributed by atoms with Crippen molar-refractivity contribution >= 4 is 26.0 Å². The summed E-state index contributed by atoms with van der Waals surface area (Å²) in [7, 11) is -3.09. The third-order valence-corrected chi connectivity index (χ3v) is 4.52. The van der Waals surface area contributed by atoms with E-state index in [1.165, 1.54) is 0 Å². The lowest BCUT2D eigenvalue weighted by atomic mass is 10.2. The zero-order valence-corrected chi connectivity index (χ0v) is 11.2. The third kappa shape index (κ3) is 3.88. The van der Waals surface area contributed by atoms with Crippen LogP contribution in [0.2, 0.25) is 0 Å². The van der Waals surface area contributed by atoms with Gasteiger partial charge in [0.15, 0.2) is 0 Å². The van der Waals surface area contributed by atoms with Crippen LogP contribution in [0, 0.1) is 5.92 Å². The van der Waals surface area contributed by atoms with Crippen LogP contribution >= 0.6 is 15.9 Å². The van der Waals surface area contributed by atoms with Gasteiger partial charge < -0.3 is 0 Å². The van der Waals surface area contributed by atoms with E-state index < -0.39 is 10.0 Å². The number of benzene rings is 1. The van der Waals surface area contributed by atoms with Crippen LogP contribution in [-0.2, 0) is 16.6 Å². The Morgan fingerprint density at radius 3 is 2.75 bits per heavy atom. The fraction of sp³-hybridized carbons (Fsp3) is 0.455. The van der Waals surface area contributed by atoms with Crippen molar-refractivity contribution in [2.45, 2.75) is 19.4 Å². The number of hydrogen-bond donors (Lipinski definition) is 1. The van der Waals surface area contributed by atoms with Crippen LogP contribution in [0.1, 0.15) is 18.4 Å². The second kappa shape index (κ2) is 4.85. The predicted octanol–water partition coefficient (Wildman–Crippen LogP) is 2.28. The monoisotopic (exact) mass is 303 g/mol. The Bertz CT molecular complexity index is 469. The highest BCUT2D eigenvalue weighted by molar-refractivity contribution is 9.10. The van der Waals surface area contributed by atoms with Gasteiger partial charge in [0.25, 0.3) is 0 Å². The van der Waals surface area contributed by atoms with Crippen molar-refractivity contribution in [3.8, 4) is 0 Å². The molecule has 0 radical (unpaired) electrons. The molecule has 1 aromatic carbocycles. The lowest BCUT2D eigenvalue weighted by molar-refractivity contribution is 0.577. The Hall–Kier alpha value is -0.390. The van der Waals surface area contributed by atoms with E-state index in [0.29, 0.717) is 12.5 Å². The molecule has 0 aliphatic heterocycles. The molecule has 1 fully saturated rings. The maximum absolute atomic E-state index is 11.6. The zero-order valence-electron chi connectivity index (χ0n) is 8.82. The van der Waals surface area contributed by atoms with Crippen LogP contribution in [-0.4, -0.2) is 14.2 Å². The minimum atomic E-state index is -3.09. The summed E-state index contributed by atoms with van der Waals surface area (Å²) in [6, 6.07) is 7.64. The number of nitrogens with one attached hydrogen (secondary N) is 1. The summed E-state index contributed by atoms with van der Waals surface area (Å²) in [6.45, 7) is 0.370. The van der Waals surface area contributed by atoms with E-state index in [9.17, 15) is 8.42 Å². The molecule has 0 bridgehead atoms. The first-order valence-electron chi connectivity index (χ1n) is 5.27. The van der Waals surface area contributed by atoms with Gasteiger partial charge in [-0.3, -0.25) is 0 Å². The number of sulfonamides is 1. The van der Waals surface area contributed by atoms with Crippen LogP contribution in [0.4, 0.5) is 0 Å². The van der Waals surface area contributed by atoms with Crippen molar-refractivity contribution in [3.63, 3.8) is 0 Å². The topological polar surface area (TPSA) is 46.2 Å². The van der Waals surface area contributed by atoms with E-state index in [0.717, 1.165) is 22.9 Å². The Balaban J connectivity index is 1.90. The molecule has 0 spiro atoms. The molecule has 1 aliphatic carbocycles. The minimum absolute atomic E-state index is 0.279. The average Bonchev–Trinajstić information content (AvgIpc) is 2.98. The number of hydrogen-bond acceptors (Lipinski definition) is 2. The summed E-state index contributed by atoms with van der Waals surface area (Å²) in [5, 5.41) is 0. The van der Waals surface area contributed by atoms with Crippen molar-refractivity contribution in [3.05, 3.63) is 34.3 Å². The largest absolute Gasteiger partial charge is 0.212 e. The smallest absolute Gasteiger partial charge is 0.212 e. The molecular weight excluding hydrogens is 290 g/mol. The second-order valence-corrected chi connectivity index (χ2v) is 6.94. The molecule has 16 heavy (non-hydrogen) atoms. The molecule has 1 saturated carbocycles. The molecule has 5 heteroatoms. The van der Waals surface area contributed by atoms with Crippen LogP contribution in [0.25, 0.3) is 0 Å². The van der Waals surface area contributed by atoms with Gasteiger partial charge in [-0.05, 0) is 36.5 Å². The van der Waals surface area contributed by atoms with E-state index in [4.69, 9.17) is 0 Å². The van der Waals surface area contributed by atoms with Gasteiger partial charge in [-0.2, -0.15) is 0 Å². The summed E-state index contributed by atoms with van der Waals surface area (Å²) in [6.07, 6.45) is 2.11. The molecule has 0 aromatic heterocycles. The van der Waals surface area contributed by atoms with Crippen molar-refractivity contribution in [1.82, 2.24) is 4.72 Å². The van der Waals surface area contributed by atoms with Crippen LogP contribution in [0.5, 0.6) is 0 Å². The van der Waals surface area contributed by atoms with Gasteiger partial charge in [0, 0.05) is 11.0 Å². The molecule has 2 rings (SSSR count). The van der Waals surface area contributed by atoms with E-state index in [-0.39, 0.29) is 5.75 Å². The maximum Gasteiger partial charge on any atom is 0.212 e. The van der Waals surface area contributed by atoms with Gasteiger partial charge >= 0.3 is 0 Å². The summed E-state index contributed by atoms with van der Waals surface area (Å²) in [5.41, 5.74) is 0.966. The molecule has 0 amide bonds. The third-order valence-electron chi connectivity index (χ3n) is 2.54. The fourth-order valence-corrected chi connectivity index (χ4v) is 3.40. The van der Waals surface area contributed by atoms with Gasteiger partial charge in [-0.15, -0.1) is 0 Å². The molecule has 1 aliphatic rings. The lowest BCUT2D eigenvalue weighted by Crippen LogP contribution is -2.26. The maximum atomic E-state index is 11.6. The highest BCUT2D eigenvalue weighted by Gasteiger charge is 2.27. The van der Waals surface area contributed by atoms with Crippen molar-refractivity contribution < 1.29 is 8.42 Å². The van der Waals surface area contributed by atoms with Gasteiger partial charge in [-0.1, -0.05) is 28.1 Å². The molecule has 0 unspecified atom stereocenters. The Kier molecular flexibility index (Phi) is 3.66. The average molecular weight is 304 g/mol. The summed E-state index contributed by atoms with van der Waals surface area (Å²) in [4.78, 5) is 0. The number of rotatable bonds is 5. The molecule has 3 nitrogen and oxygen atoms in total. The minimum Gasteiger partial charge on any atom is -0.212 e. The van der Waals surface area contributed by atoms with Crippen LogP contribution < -0.4 is 4.72 Å². The summed E-state index contributed by atoms with van der Waals surface area (Å²) >= 11 is 3.36. The molecule has 0 heterocycles. The molecule has 0 saturated heterocycles. The summed E-state index contributed by atoms with van der Waals surface area (Å²) < 4.78 is 26.8. The highest BCUT2D eigenvalue weighted by Crippen LogP contribution is 2.29. The molecule has 1 aromatic rings. The molecule has 88 valence electrons. The first-order chi connectivity index (χ1) is 7.55. The van der Waals surface area contributed by atoms with E-state index >= 15 is 0 Å². The van der Waals surface area contributed by atoms with E-state index in [2.05, 4.69) is 20.7 Å². The van der Waals surface area contributed by atoms with Crippen molar-refractivity contribution in [1.29, 1.82) is 0 Å². The van der Waals surface area contributed by atoms with Gasteiger partial charge in [0.2, 0.25) is 10.0 Å². The van der Waals surface area contributed by atoms with Crippen LogP contribution in [0.15, 0.2) is 28.7 Å². The van der Waals surface area contributed by atoms with Crippen molar-refractivity contribution in [2.75, 3.05) is 5.75 Å². The molecule has 0 atom stereocenters. The van der Waals surface area contributed by atoms with E-state index in [1.807, 2.05) is 24.3 Å². The first-order valence-corrected chi connectivity index (χ1v) is 7.71. The lowest BCUT2D eigenvalue weighted by Gasteiger charge is -2.06. The highest BCUT2D eigenvalue weighted by atomic mass is 79.9. The second-order valence-electron chi connectivity index (χ2n) is 4.18. The molecule has 1 N–H and O–H groups in total. The number of halogens is 1. The van der Waals surface area contributed by atoms with Crippen LogP contribution in [0.3, 0.4) is 0 Å². The van der Waals surface area contributed by atoms with Gasteiger partial charge in [0.1, 0.15) is 0 Å². The Morgan fingerprint density at radius 1 is 1.38 bits per heavy atom. The predicted molar refractivity (Wildman–Crippen MR) is 67.5 cm³/mol. The standard InChI is InChI=1S/C11H14BrNO2S/c12-11-3-1-2-10(6-11)7-13-16(14,15)8-9-4-5-9/h1-3,6,9,13H,4-5,7-8H2. The summed E-state index contributed by atoms with van der Waals surface area (Å²) in [5.74, 6) is 0.668. The Labute approximate surface area is 104 Å². The molecular formula is C11H14BrNO2S. The Morgan fingerprint density at radius 2 is 2.12 bits per heavy atom. The normalized spacial score (nSPS) is 16.3. The quantitative estimate of drug-likeness (QED) is 0.907. The van der Waals surface area contributed by atoms with Crippen molar-refractivity contribution in [2.24, 2.45) is 5.92 Å².